The Bertz CT molecular complexity index is 760. The Kier molecular flexibility index (Phi) is 8.46. The van der Waals surface area contributed by atoms with Crippen LogP contribution >= 0.6 is 9.24 Å². The summed E-state index contributed by atoms with van der Waals surface area (Å²) in [5.74, 6) is -0.409. The molecule has 0 aromatic heterocycles. The minimum absolute atomic E-state index is 0.0905. The van der Waals surface area contributed by atoms with E-state index in [-0.39, 0.29) is 11.5 Å². The predicted octanol–water partition coefficient (Wildman–Crippen LogP) is 5.38. The number of anilines is 1. The van der Waals surface area contributed by atoms with Crippen LogP contribution in [0.3, 0.4) is 0 Å². The Balaban J connectivity index is 3.08. The molecule has 0 amide bonds. The summed E-state index contributed by atoms with van der Waals surface area (Å²) >= 11 is 0. The molecular weight excluding hydrogens is 358 g/mol. The van der Waals surface area contributed by atoms with Crippen molar-refractivity contribution in [3.05, 3.63) is 66.0 Å². The molecule has 0 aliphatic carbocycles. The molecule has 1 N–H and O–H groups in total. The third kappa shape index (κ3) is 7.36. The van der Waals surface area contributed by atoms with Crippen LogP contribution in [0.15, 0.2) is 64.6 Å². The van der Waals surface area contributed by atoms with Crippen molar-refractivity contribution in [2.24, 2.45) is 9.98 Å². The number of aliphatic imine (C=N–C) groups is 2. The van der Waals surface area contributed by atoms with Crippen LogP contribution in [0.2, 0.25) is 0 Å². The smallest absolute Gasteiger partial charge is 0.263 e. The van der Waals surface area contributed by atoms with Crippen molar-refractivity contribution in [2.45, 2.75) is 25.9 Å². The summed E-state index contributed by atoms with van der Waals surface area (Å²) in [5.41, 5.74) is -1.20. The Hall–Kier alpha value is -2.20. The topological polar surface area (TPSA) is 36.8 Å². The lowest BCUT2D eigenvalue weighted by Crippen LogP contribution is -2.14. The Morgan fingerprint density at radius 1 is 1.38 bits per heavy atom. The lowest BCUT2D eigenvalue weighted by Gasteiger charge is -2.13. The lowest BCUT2D eigenvalue weighted by molar-refractivity contribution is 0.104. The molecule has 1 aromatic carbocycles. The van der Waals surface area contributed by atoms with E-state index in [4.69, 9.17) is 0 Å². The molecule has 7 heteroatoms. The van der Waals surface area contributed by atoms with Gasteiger partial charge in [-0.25, -0.2) is 18.2 Å². The first-order valence-corrected chi connectivity index (χ1v) is 8.48. The summed E-state index contributed by atoms with van der Waals surface area (Å²) < 4.78 is 40.1. The van der Waals surface area contributed by atoms with E-state index < -0.39 is 17.9 Å². The largest absolute Gasteiger partial charge is 0.324 e. The zero-order valence-electron chi connectivity index (χ0n) is 15.1. The second kappa shape index (κ2) is 10.1. The summed E-state index contributed by atoms with van der Waals surface area (Å²) in [6.45, 7) is 7.37. The number of benzene rings is 1. The van der Waals surface area contributed by atoms with Gasteiger partial charge in [0, 0.05) is 24.9 Å². The van der Waals surface area contributed by atoms with Crippen LogP contribution in [-0.4, -0.2) is 24.4 Å². The molecule has 0 heterocycles. The summed E-state index contributed by atoms with van der Waals surface area (Å²) in [6.07, 6.45) is 6.50. The molecule has 0 aliphatic heterocycles. The quantitative estimate of drug-likeness (QED) is 0.305. The van der Waals surface area contributed by atoms with Crippen molar-refractivity contribution >= 4 is 26.6 Å². The number of alkyl halides is 2. The molecule has 0 saturated carbocycles. The van der Waals surface area contributed by atoms with E-state index in [0.717, 1.165) is 11.6 Å². The average molecular weight is 381 g/mol. The second-order valence-electron chi connectivity index (χ2n) is 5.47. The number of nitrogens with zero attached hydrogens (tertiary/aromatic N) is 2. The number of guanidine groups is 1. The first kappa shape index (κ1) is 21.8. The van der Waals surface area contributed by atoms with Crippen LogP contribution in [0.25, 0.3) is 0 Å². The van der Waals surface area contributed by atoms with E-state index >= 15 is 0 Å². The monoisotopic (exact) mass is 381 g/mol. The molecule has 0 fully saturated rings. The number of rotatable bonds is 6. The SMILES string of the molecule is C=C/C=C(\C=C/C)C(/C)=N/C(=NC)Nc1ccc(F)c(CC(F)(F)P)c1. The Morgan fingerprint density at radius 2 is 2.08 bits per heavy atom. The third-order valence-corrected chi connectivity index (χ3v) is 3.48. The molecule has 1 rings (SSSR count). The van der Waals surface area contributed by atoms with Gasteiger partial charge in [-0.1, -0.05) is 40.1 Å². The number of nitrogens with one attached hydrogen (secondary N) is 1. The average Bonchev–Trinajstić information content (AvgIpc) is 2.55. The van der Waals surface area contributed by atoms with Crippen molar-refractivity contribution in [3.63, 3.8) is 0 Å². The summed E-state index contributed by atoms with van der Waals surface area (Å²) in [7, 11) is 2.96. The van der Waals surface area contributed by atoms with Crippen LogP contribution in [-0.2, 0) is 6.42 Å². The summed E-state index contributed by atoms with van der Waals surface area (Å²) in [4.78, 5) is 8.44. The minimum Gasteiger partial charge on any atom is -0.324 e. The molecule has 3 nitrogen and oxygen atoms in total. The fourth-order valence-corrected chi connectivity index (χ4v) is 2.35. The molecular formula is C19H23F3N3P. The number of allylic oxidation sites excluding steroid dienone is 5. The molecule has 1 atom stereocenters. The van der Waals surface area contributed by atoms with Crippen LogP contribution in [0.5, 0.6) is 0 Å². The van der Waals surface area contributed by atoms with Crippen LogP contribution in [0.1, 0.15) is 19.4 Å². The van der Waals surface area contributed by atoms with Gasteiger partial charge in [-0.05, 0) is 43.2 Å². The van der Waals surface area contributed by atoms with Crippen molar-refractivity contribution in [3.8, 4) is 0 Å². The lowest BCUT2D eigenvalue weighted by atomic mass is 10.1. The van der Waals surface area contributed by atoms with Gasteiger partial charge in [-0.3, -0.25) is 4.99 Å². The Labute approximate surface area is 154 Å². The molecule has 0 bridgehead atoms. The van der Waals surface area contributed by atoms with Gasteiger partial charge in [0.05, 0.1) is 0 Å². The number of hydrogen-bond acceptors (Lipinski definition) is 1. The van der Waals surface area contributed by atoms with Crippen LogP contribution in [0.4, 0.5) is 18.9 Å². The maximum absolute atomic E-state index is 13.8. The standard InChI is InChI=1S/C19H23F3N3P/c1-5-7-14(8-6-2)13(3)24-18(23-4)25-16-9-10-17(20)15(11-16)12-19(21,22)26/h5-11H,1,12,26H2,2-4H3,(H,23,25)/b8-6-,14-7+,24-13+. The van der Waals surface area contributed by atoms with Crippen molar-refractivity contribution in [1.82, 2.24) is 0 Å². The van der Waals surface area contributed by atoms with E-state index in [1.165, 1.54) is 21.4 Å². The maximum Gasteiger partial charge on any atom is 0.263 e. The number of halogens is 3. The van der Waals surface area contributed by atoms with E-state index in [9.17, 15) is 13.2 Å². The van der Waals surface area contributed by atoms with Crippen LogP contribution < -0.4 is 5.32 Å². The highest BCUT2D eigenvalue weighted by atomic mass is 31.0. The van der Waals surface area contributed by atoms with Gasteiger partial charge >= 0.3 is 0 Å². The molecule has 26 heavy (non-hydrogen) atoms. The predicted molar refractivity (Wildman–Crippen MR) is 108 cm³/mol. The first-order valence-electron chi connectivity index (χ1n) is 7.90. The zero-order valence-corrected chi connectivity index (χ0v) is 16.2. The molecule has 0 saturated heterocycles. The van der Waals surface area contributed by atoms with E-state index in [1.54, 1.807) is 13.1 Å². The fourth-order valence-electron chi connectivity index (χ4n) is 2.13. The molecule has 0 aliphatic rings. The van der Waals surface area contributed by atoms with Gasteiger partial charge in [-0.15, -0.1) is 0 Å². The Morgan fingerprint density at radius 3 is 2.62 bits per heavy atom. The van der Waals surface area contributed by atoms with Crippen LogP contribution in [0, 0.1) is 5.82 Å². The molecule has 0 spiro atoms. The molecule has 1 unspecified atom stereocenters. The number of hydrogen-bond donors (Lipinski definition) is 1. The van der Waals surface area contributed by atoms with E-state index in [0.29, 0.717) is 11.4 Å². The van der Waals surface area contributed by atoms with E-state index in [1.807, 2.05) is 32.1 Å². The fraction of sp³-hybridized carbons (Fsp3) is 0.263. The first-order chi connectivity index (χ1) is 12.2. The molecule has 1 aromatic rings. The molecule has 140 valence electrons. The van der Waals surface area contributed by atoms with Gasteiger partial charge in [-0.2, -0.15) is 0 Å². The van der Waals surface area contributed by atoms with Crippen molar-refractivity contribution in [1.29, 1.82) is 0 Å². The minimum atomic E-state index is -3.08. The maximum atomic E-state index is 13.8. The highest BCUT2D eigenvalue weighted by Gasteiger charge is 2.24. The summed E-state index contributed by atoms with van der Waals surface area (Å²) in [6, 6.07) is 3.92. The highest BCUT2D eigenvalue weighted by Crippen LogP contribution is 2.29. The second-order valence-corrected chi connectivity index (χ2v) is 6.32. The van der Waals surface area contributed by atoms with Gasteiger partial charge in [0.2, 0.25) is 5.96 Å². The van der Waals surface area contributed by atoms with Gasteiger partial charge in [0.15, 0.2) is 0 Å². The summed E-state index contributed by atoms with van der Waals surface area (Å²) in [5, 5.41) is 2.92. The van der Waals surface area contributed by atoms with Gasteiger partial charge in [0.25, 0.3) is 5.66 Å². The normalized spacial score (nSPS) is 14.0. The third-order valence-electron chi connectivity index (χ3n) is 3.27. The highest BCUT2D eigenvalue weighted by molar-refractivity contribution is 7.18. The van der Waals surface area contributed by atoms with Gasteiger partial charge < -0.3 is 5.32 Å². The van der Waals surface area contributed by atoms with E-state index in [2.05, 4.69) is 21.9 Å². The van der Waals surface area contributed by atoms with Gasteiger partial charge in [0.1, 0.15) is 5.82 Å². The molecule has 0 radical (unpaired) electrons. The van der Waals surface area contributed by atoms with Crippen molar-refractivity contribution < 1.29 is 13.2 Å². The van der Waals surface area contributed by atoms with Crippen molar-refractivity contribution in [2.75, 3.05) is 12.4 Å². The zero-order chi connectivity index (χ0) is 19.7.